The third kappa shape index (κ3) is 10.9. The van der Waals surface area contributed by atoms with Crippen LogP contribution in [0.25, 0.3) is 10.4 Å². The van der Waals surface area contributed by atoms with Gasteiger partial charge in [0, 0.05) is 26.7 Å². The fourth-order valence-corrected chi connectivity index (χ4v) is 6.12. The van der Waals surface area contributed by atoms with Gasteiger partial charge in [-0.1, -0.05) is 45.8 Å². The summed E-state index contributed by atoms with van der Waals surface area (Å²) in [5.41, 5.74) is 23.6. The normalized spacial score (nSPS) is 13.7. The van der Waals surface area contributed by atoms with Crippen LogP contribution in [0.4, 0.5) is 10.0 Å². The van der Waals surface area contributed by atoms with Gasteiger partial charge in [0.2, 0.25) is 11.8 Å². The first-order chi connectivity index (χ1) is 22.8. The maximum absolute atomic E-state index is 12.6. The molecule has 9 N–H and O–H groups in total. The molecule has 4 aromatic rings. The molecule has 3 heterocycles. The maximum atomic E-state index is 12.6. The summed E-state index contributed by atoms with van der Waals surface area (Å²) < 4.78 is 0. The van der Waals surface area contributed by atoms with Crippen LogP contribution >= 0.6 is 45.9 Å². The van der Waals surface area contributed by atoms with Gasteiger partial charge in [-0.25, -0.2) is 0 Å². The zero-order valence-corrected chi connectivity index (χ0v) is 29.3. The van der Waals surface area contributed by atoms with Crippen LogP contribution in [-0.4, -0.2) is 35.4 Å². The van der Waals surface area contributed by atoms with Crippen molar-refractivity contribution in [3.8, 4) is 0 Å². The minimum atomic E-state index is -0.633. The standard InChI is InChI=1S/C15H15ClN2O2S.C15H13ClN2OS.H4N4.HN3/c1-8-7-21-15(18-14(20)9(2)17)12(8)13(19)10-3-5-11(16)6-4-10;1-8-7-20-15-12(8)13(17-9(2)14(19)18-15)10-3-5-11(16)6-4-10;1-3-4-2;1-3-2/h3-7,9H,17H2,1-2H3,(H,18,20);3-7,9H,1-2H3,(H,18,19);(H2,1,4)(H2,2,3);1H/t2*9-;;/m00../s1. The number of rotatable bonds is 5. The smallest absolute Gasteiger partial charge is 0.249 e. The van der Waals surface area contributed by atoms with Crippen molar-refractivity contribution in [3.05, 3.63) is 113 Å². The molecule has 14 nitrogen and oxygen atoms in total. The minimum absolute atomic E-state index is 0.0722. The number of nitrogens with zero attached hydrogens (tertiary/aromatic N) is 5. The molecular weight excluding hydrogens is 697 g/mol. The van der Waals surface area contributed by atoms with E-state index in [1.54, 1.807) is 43.0 Å². The predicted octanol–water partition coefficient (Wildman–Crippen LogP) is 7.18. The number of aryl methyl sites for hydroxylation is 2. The molecule has 252 valence electrons. The number of ketones is 1. The summed E-state index contributed by atoms with van der Waals surface area (Å²) in [5.74, 6) is 8.18. The lowest BCUT2D eigenvalue weighted by atomic mass is 10.0. The van der Waals surface area contributed by atoms with E-state index in [0.29, 0.717) is 26.2 Å². The van der Waals surface area contributed by atoms with E-state index >= 15 is 0 Å². The molecule has 2 aromatic heterocycles. The quantitative estimate of drug-likeness (QED) is 0.0310. The second kappa shape index (κ2) is 19.1. The Morgan fingerprint density at radius 3 is 2.06 bits per heavy atom. The number of halogens is 2. The summed E-state index contributed by atoms with van der Waals surface area (Å²) in [4.78, 5) is 42.6. The van der Waals surface area contributed by atoms with Gasteiger partial charge in [0.1, 0.15) is 16.0 Å². The summed E-state index contributed by atoms with van der Waals surface area (Å²) in [5, 5.41) is 17.4. The van der Waals surface area contributed by atoms with Crippen molar-refractivity contribution in [2.75, 3.05) is 10.6 Å². The van der Waals surface area contributed by atoms with Gasteiger partial charge in [-0.15, -0.1) is 28.2 Å². The van der Waals surface area contributed by atoms with Crippen molar-refractivity contribution in [1.82, 2.24) is 0 Å². The molecule has 2 amide bonds. The van der Waals surface area contributed by atoms with Crippen LogP contribution < -0.4 is 28.1 Å². The molecule has 18 heteroatoms. The summed E-state index contributed by atoms with van der Waals surface area (Å²) in [7, 11) is 0. The highest BCUT2D eigenvalue weighted by molar-refractivity contribution is 7.15. The molecule has 48 heavy (non-hydrogen) atoms. The largest absolute Gasteiger partial charge is 0.320 e. The number of anilines is 2. The van der Waals surface area contributed by atoms with Crippen molar-refractivity contribution in [1.29, 1.82) is 5.53 Å². The van der Waals surface area contributed by atoms with E-state index in [9.17, 15) is 14.4 Å². The molecule has 1 aliphatic rings. The number of hydrogen-bond acceptors (Lipinski definition) is 10. The average Bonchev–Trinajstić information content (AvgIpc) is 3.57. The van der Waals surface area contributed by atoms with Crippen LogP contribution in [0.3, 0.4) is 0 Å². The number of nitrogens with two attached hydrogens (primary N) is 3. The summed E-state index contributed by atoms with van der Waals surface area (Å²) in [6.45, 7) is 7.26. The molecule has 0 bridgehead atoms. The predicted molar refractivity (Wildman–Crippen MR) is 193 cm³/mol. The Labute approximate surface area is 294 Å². The fraction of sp³-hybridized carbons (Fsp3) is 0.200. The third-order valence-corrected chi connectivity index (χ3v) is 8.82. The fourth-order valence-electron chi connectivity index (χ4n) is 3.98. The van der Waals surface area contributed by atoms with Crippen molar-refractivity contribution in [2.24, 2.45) is 32.9 Å². The van der Waals surface area contributed by atoms with Gasteiger partial charge in [0.25, 0.3) is 0 Å². The molecule has 0 saturated carbocycles. The number of carbonyl (C=O) groups is 3. The first-order valence-corrected chi connectivity index (χ1v) is 16.3. The van der Waals surface area contributed by atoms with Crippen LogP contribution in [0.15, 0.2) is 74.7 Å². The molecular formula is C30H33Cl2N11O3S2. The molecule has 1 aliphatic heterocycles. The molecule has 0 fully saturated rings. The second-order valence-electron chi connectivity index (χ2n) is 9.84. The molecule has 2 atom stereocenters. The Bertz CT molecular complexity index is 1810. The lowest BCUT2D eigenvalue weighted by Crippen LogP contribution is -2.32. The number of benzene rings is 2. The Morgan fingerprint density at radius 1 is 1.02 bits per heavy atom. The zero-order chi connectivity index (χ0) is 36.0. The first-order valence-electron chi connectivity index (χ1n) is 13.8. The highest BCUT2D eigenvalue weighted by atomic mass is 35.5. The van der Waals surface area contributed by atoms with Crippen molar-refractivity contribution in [2.45, 2.75) is 39.8 Å². The number of carbonyl (C=O) groups excluding carboxylic acids is 3. The second-order valence-corrected chi connectivity index (χ2v) is 12.5. The van der Waals surface area contributed by atoms with E-state index in [4.69, 9.17) is 40.0 Å². The summed E-state index contributed by atoms with van der Waals surface area (Å²) >= 11 is 14.6. The maximum Gasteiger partial charge on any atom is 0.249 e. The number of fused-ring (bicyclic) bond motifs is 1. The molecule has 0 spiro atoms. The Morgan fingerprint density at radius 2 is 1.54 bits per heavy atom. The van der Waals surface area contributed by atoms with E-state index in [0.717, 1.165) is 33.0 Å². The lowest BCUT2D eigenvalue weighted by molar-refractivity contribution is -0.117. The summed E-state index contributed by atoms with van der Waals surface area (Å²) in [6.07, 6.45) is 0. The number of amides is 2. The number of aliphatic imine (C=N–C) groups is 1. The zero-order valence-electron chi connectivity index (χ0n) is 26.2. The van der Waals surface area contributed by atoms with Crippen molar-refractivity contribution in [3.63, 3.8) is 0 Å². The molecule has 0 saturated heterocycles. The third-order valence-electron chi connectivity index (χ3n) is 6.29. The Balaban J connectivity index is 0.000000280. The van der Waals surface area contributed by atoms with E-state index in [1.165, 1.54) is 22.7 Å². The Hall–Kier alpha value is -4.83. The molecule has 0 unspecified atom stereocenters. The summed E-state index contributed by atoms with van der Waals surface area (Å²) in [6, 6.07) is 13.2. The van der Waals surface area contributed by atoms with Gasteiger partial charge in [-0.05, 0) is 96.4 Å². The molecule has 0 radical (unpaired) electrons. The van der Waals surface area contributed by atoms with Crippen molar-refractivity contribution >= 4 is 79.2 Å². The average molecular weight is 731 g/mol. The van der Waals surface area contributed by atoms with Gasteiger partial charge in [-0.3, -0.25) is 19.4 Å². The highest BCUT2D eigenvalue weighted by Gasteiger charge is 2.25. The highest BCUT2D eigenvalue weighted by Crippen LogP contribution is 2.33. The van der Waals surface area contributed by atoms with Gasteiger partial charge >= 0.3 is 0 Å². The molecule has 0 aliphatic carbocycles. The van der Waals surface area contributed by atoms with Crippen molar-refractivity contribution < 1.29 is 14.4 Å². The number of hydrogen-bond donors (Lipinski definition) is 6. The van der Waals surface area contributed by atoms with E-state index < -0.39 is 12.1 Å². The van der Waals surface area contributed by atoms with Gasteiger partial charge in [0.15, 0.2) is 5.78 Å². The van der Waals surface area contributed by atoms with E-state index in [2.05, 4.69) is 37.8 Å². The Kier molecular flexibility index (Phi) is 15.7. The number of nitrogens with one attached hydrogen (secondary N) is 3. The molecule has 5 rings (SSSR count). The SMILES string of the molecule is Cc1csc(NC(=O)[C@H](C)N)c1C(=O)c1ccc(Cl)cc1.Cc1csc2c1C(c1ccc(Cl)cc1)=N[C@@H](C)C(=O)N2.N/N=N/N.[N-]=[N+]=N. The number of thiophene rings is 2. The van der Waals surface area contributed by atoms with Crippen LogP contribution in [-0.2, 0) is 9.59 Å². The van der Waals surface area contributed by atoms with Crippen LogP contribution in [0, 0.1) is 19.4 Å². The van der Waals surface area contributed by atoms with Crippen LogP contribution in [0.1, 0.15) is 52.0 Å². The molecule has 2 aromatic carbocycles. The lowest BCUT2D eigenvalue weighted by Gasteiger charge is -2.09. The topological polar surface area (TPSA) is 251 Å². The van der Waals surface area contributed by atoms with Crippen LogP contribution in [0.5, 0.6) is 0 Å². The van der Waals surface area contributed by atoms with Crippen LogP contribution in [0.2, 0.25) is 10.0 Å². The van der Waals surface area contributed by atoms with Gasteiger partial charge in [0.05, 0.1) is 17.3 Å². The van der Waals surface area contributed by atoms with E-state index in [-0.39, 0.29) is 17.6 Å². The van der Waals surface area contributed by atoms with E-state index in [1.807, 2.05) is 48.9 Å². The first kappa shape index (κ1) is 39.3. The van der Waals surface area contributed by atoms with Gasteiger partial charge < -0.3 is 28.1 Å². The minimum Gasteiger partial charge on any atom is -0.320 e. The van der Waals surface area contributed by atoms with Gasteiger partial charge in [-0.2, -0.15) is 0 Å². The monoisotopic (exact) mass is 729 g/mol.